The molecule has 0 unspecified atom stereocenters. The van der Waals surface area contributed by atoms with Gasteiger partial charge in [-0.1, -0.05) is 5.11 Å². The van der Waals surface area contributed by atoms with Gasteiger partial charge in [-0.25, -0.2) is 13.8 Å². The molecule has 0 atom stereocenters. The van der Waals surface area contributed by atoms with Crippen LogP contribution >= 0.6 is 37.2 Å². The Labute approximate surface area is 200 Å². The average molecular weight is 539 g/mol. The molecule has 2 heterocycles. The van der Waals surface area contributed by atoms with Crippen LogP contribution < -0.4 is 44.5 Å². The predicted octanol–water partition coefficient (Wildman–Crippen LogP) is -1.71. The fraction of sp³-hybridized carbons (Fsp3) is 0.600. The van der Waals surface area contributed by atoms with Crippen LogP contribution in [0.1, 0.15) is 19.3 Å². The van der Waals surface area contributed by atoms with Gasteiger partial charge in [-0.15, -0.1) is 37.2 Å². The number of azo groups is 1. The lowest BCUT2D eigenvalue weighted by Crippen LogP contribution is -3.00. The van der Waals surface area contributed by atoms with Crippen molar-refractivity contribution in [2.45, 2.75) is 38.9 Å². The van der Waals surface area contributed by atoms with Crippen LogP contribution in [0, 0.1) is 0 Å². The third kappa shape index (κ3) is 9.60. The fourth-order valence-corrected chi connectivity index (χ4v) is 2.43. The number of nitrogens with two attached hydrogens (primary N) is 4. The zero-order valence-electron chi connectivity index (χ0n) is 16.2. The third-order valence-electron chi connectivity index (χ3n) is 3.83. The smallest absolute Gasteiger partial charge is 0.421 e. The van der Waals surface area contributed by atoms with Gasteiger partial charge in [-0.05, 0) is 38.9 Å². The highest BCUT2D eigenvalue weighted by molar-refractivity contribution is 5.86. The van der Waals surface area contributed by atoms with Crippen molar-refractivity contribution in [1.82, 2.24) is 14.3 Å². The molecule has 2 aromatic heterocycles. The molecule has 0 aliphatic carbocycles. The molecule has 2 aromatic rings. The second-order valence-corrected chi connectivity index (χ2v) is 5.75. The van der Waals surface area contributed by atoms with Crippen molar-refractivity contribution < 1.29 is 21.5 Å². The number of anilines is 1. The van der Waals surface area contributed by atoms with E-state index in [0.29, 0.717) is 37.7 Å². The molecule has 0 saturated heterocycles. The van der Waals surface area contributed by atoms with Gasteiger partial charge >= 0.3 is 5.95 Å². The molecule has 0 saturated carbocycles. The summed E-state index contributed by atoms with van der Waals surface area (Å²) in [5.74, 6) is 1.24. The SMILES string of the molecule is Cl.Cl.Cl.NCCCn1cc[n+](CCCN)c1/N=N/c1cnn(CCCN)c1N.[Br-]. The van der Waals surface area contributed by atoms with Crippen LogP contribution in [-0.2, 0) is 19.6 Å². The predicted molar refractivity (Wildman–Crippen MR) is 118 cm³/mol. The van der Waals surface area contributed by atoms with Gasteiger partial charge < -0.3 is 39.9 Å². The van der Waals surface area contributed by atoms with Gasteiger partial charge in [0.05, 0.1) is 31.7 Å². The van der Waals surface area contributed by atoms with Crippen LogP contribution in [0.2, 0.25) is 0 Å². The number of nitrogen functional groups attached to an aromatic ring is 1. The number of aromatic nitrogens is 4. The average Bonchev–Trinajstić information content (AvgIpc) is 3.17. The molecule has 0 aliphatic rings. The number of imidazole rings is 1. The fourth-order valence-electron chi connectivity index (χ4n) is 2.43. The standard InChI is InChI=1S/C15H28N10.BrH.3ClH/c16-4-1-7-23-10-11-24(8-2-5-17)15(23)22-21-13-12-20-25(14(13)19)9-3-6-18;;;;/h10-12,19H,1-9,16-18H2;4*1H. The first kappa shape index (κ1) is 32.7. The Bertz CT molecular complexity index is 666. The van der Waals surface area contributed by atoms with Gasteiger partial charge in [0.2, 0.25) is 0 Å². The second-order valence-electron chi connectivity index (χ2n) is 5.75. The zero-order chi connectivity index (χ0) is 18.1. The summed E-state index contributed by atoms with van der Waals surface area (Å²) in [7, 11) is 0. The van der Waals surface area contributed by atoms with Crippen molar-refractivity contribution in [1.29, 1.82) is 0 Å². The first-order valence-electron chi connectivity index (χ1n) is 8.63. The van der Waals surface area contributed by atoms with Gasteiger partial charge in [0.15, 0.2) is 11.5 Å². The van der Waals surface area contributed by atoms with E-state index in [1.807, 2.05) is 21.5 Å². The van der Waals surface area contributed by atoms with Crippen molar-refractivity contribution in [2.75, 3.05) is 25.4 Å². The Hall–Kier alpha value is -0.950. The molecule has 0 aromatic carbocycles. The molecule has 0 radical (unpaired) electrons. The van der Waals surface area contributed by atoms with Gasteiger partial charge in [-0.2, -0.15) is 5.10 Å². The number of aryl methyl sites for hydroxylation is 3. The maximum atomic E-state index is 6.08. The Morgan fingerprint density at radius 1 is 0.931 bits per heavy atom. The molecule has 2 rings (SSSR count). The Morgan fingerprint density at radius 3 is 2.17 bits per heavy atom. The van der Waals surface area contributed by atoms with Gasteiger partial charge in [0.1, 0.15) is 0 Å². The third-order valence-corrected chi connectivity index (χ3v) is 3.83. The van der Waals surface area contributed by atoms with E-state index in [1.54, 1.807) is 10.9 Å². The van der Waals surface area contributed by atoms with Crippen molar-refractivity contribution >= 4 is 54.7 Å². The largest absolute Gasteiger partial charge is 1.00 e. The number of hydrogen-bond acceptors (Lipinski definition) is 7. The van der Waals surface area contributed by atoms with Crippen LogP contribution in [0.3, 0.4) is 0 Å². The van der Waals surface area contributed by atoms with Gasteiger partial charge in [-0.3, -0.25) is 0 Å². The summed E-state index contributed by atoms with van der Waals surface area (Å²) in [4.78, 5) is 0. The summed E-state index contributed by atoms with van der Waals surface area (Å²) in [6.45, 7) is 4.07. The summed E-state index contributed by atoms with van der Waals surface area (Å²) < 4.78 is 5.75. The normalized spacial score (nSPS) is 10.0. The minimum atomic E-state index is 0. The van der Waals surface area contributed by atoms with Crippen LogP contribution in [0.4, 0.5) is 17.5 Å². The van der Waals surface area contributed by atoms with Crippen molar-refractivity contribution in [3.05, 3.63) is 18.6 Å². The maximum Gasteiger partial charge on any atom is 0.421 e. The van der Waals surface area contributed by atoms with Crippen molar-refractivity contribution in [3.63, 3.8) is 0 Å². The lowest BCUT2D eigenvalue weighted by molar-refractivity contribution is -0.683. The lowest BCUT2D eigenvalue weighted by Gasteiger charge is -2.01. The van der Waals surface area contributed by atoms with Gasteiger partial charge in [0.25, 0.3) is 0 Å². The van der Waals surface area contributed by atoms with E-state index in [4.69, 9.17) is 22.9 Å². The van der Waals surface area contributed by atoms with Gasteiger partial charge in [0, 0.05) is 11.7 Å². The van der Waals surface area contributed by atoms with E-state index in [0.717, 1.165) is 38.3 Å². The first-order chi connectivity index (χ1) is 12.2. The topological polar surface area (TPSA) is 155 Å². The van der Waals surface area contributed by atoms with Crippen molar-refractivity contribution in [2.24, 2.45) is 27.4 Å². The summed E-state index contributed by atoms with van der Waals surface area (Å²) in [6.07, 6.45) is 8.12. The Morgan fingerprint density at radius 2 is 1.55 bits per heavy atom. The molecule has 8 N–H and O–H groups in total. The van der Waals surface area contributed by atoms with E-state index in [1.165, 1.54) is 0 Å². The van der Waals surface area contributed by atoms with E-state index >= 15 is 0 Å². The van der Waals surface area contributed by atoms with Crippen LogP contribution in [0.25, 0.3) is 0 Å². The van der Waals surface area contributed by atoms with E-state index in [2.05, 4.69) is 15.3 Å². The lowest BCUT2D eigenvalue weighted by atomic mass is 10.4. The van der Waals surface area contributed by atoms with Crippen molar-refractivity contribution in [3.8, 4) is 0 Å². The summed E-state index contributed by atoms with van der Waals surface area (Å²) >= 11 is 0. The minimum Gasteiger partial charge on any atom is -1.00 e. The quantitative estimate of drug-likeness (QED) is 0.198. The molecule has 0 fully saturated rings. The molecule has 0 spiro atoms. The zero-order valence-corrected chi connectivity index (χ0v) is 20.2. The molecular weight excluding hydrogens is 506 g/mol. The summed E-state index contributed by atoms with van der Waals surface area (Å²) in [6, 6.07) is 0. The Kier molecular flexibility index (Phi) is 20.2. The van der Waals surface area contributed by atoms with Crippen LogP contribution in [0.5, 0.6) is 0 Å². The van der Waals surface area contributed by atoms with Crippen LogP contribution in [-0.4, -0.2) is 34.0 Å². The Balaban J connectivity index is -0.00000169. The second kappa shape index (κ2) is 17.9. The number of halogens is 4. The minimum absolute atomic E-state index is 0. The molecule has 14 heteroatoms. The molecule has 29 heavy (non-hydrogen) atoms. The maximum absolute atomic E-state index is 6.08. The summed E-state index contributed by atoms with van der Waals surface area (Å²) in [5, 5.41) is 12.9. The molecular formula is C15H32BrCl3N10. The summed E-state index contributed by atoms with van der Waals surface area (Å²) in [5.41, 5.74) is 23.4. The number of rotatable bonds is 11. The van der Waals surface area contributed by atoms with E-state index < -0.39 is 0 Å². The molecule has 170 valence electrons. The number of nitrogens with zero attached hydrogens (tertiary/aromatic N) is 6. The highest BCUT2D eigenvalue weighted by Crippen LogP contribution is 2.23. The molecule has 10 nitrogen and oxygen atoms in total. The van der Waals surface area contributed by atoms with Crippen LogP contribution in [0.15, 0.2) is 28.8 Å². The first-order valence-corrected chi connectivity index (χ1v) is 8.63. The van der Waals surface area contributed by atoms with E-state index in [-0.39, 0.29) is 54.2 Å². The number of hydrogen-bond donors (Lipinski definition) is 4. The monoisotopic (exact) mass is 536 g/mol. The highest BCUT2D eigenvalue weighted by atomic mass is 79.9. The molecule has 0 amide bonds. The van der Waals surface area contributed by atoms with E-state index in [9.17, 15) is 0 Å². The molecule has 0 aliphatic heterocycles. The highest BCUT2D eigenvalue weighted by Gasteiger charge is 2.17. The molecule has 0 bridgehead atoms.